The van der Waals surface area contributed by atoms with Crippen LogP contribution in [0.2, 0.25) is 0 Å². The van der Waals surface area contributed by atoms with E-state index in [1.807, 2.05) is 78.6 Å². The first kappa shape index (κ1) is 20.2. The van der Waals surface area contributed by atoms with Crippen LogP contribution in [0.25, 0.3) is 0 Å². The van der Waals surface area contributed by atoms with Gasteiger partial charge in [0.2, 0.25) is 0 Å². The van der Waals surface area contributed by atoms with Crippen LogP contribution in [0.15, 0.2) is 71.2 Å². The lowest BCUT2D eigenvalue weighted by Crippen LogP contribution is -2.29. The number of hydrogen-bond donors (Lipinski definition) is 2. The highest BCUT2D eigenvalue weighted by atomic mass is 79.9. The molecular weight excluding hydrogens is 442 g/mol. The fraction of sp³-hybridized carbons (Fsp3) is 0.167. The summed E-state index contributed by atoms with van der Waals surface area (Å²) in [6.07, 6.45) is 0.836. The summed E-state index contributed by atoms with van der Waals surface area (Å²) < 4.78 is 0.822. The molecule has 3 amide bonds. The van der Waals surface area contributed by atoms with E-state index in [1.54, 1.807) is 0 Å². The SMILES string of the molecule is Cc1ccc(C(=O)N2CCc3ccc(CNC(=O)Nc4ccccc4Br)cc32)cc1. The summed E-state index contributed by atoms with van der Waals surface area (Å²) in [5.41, 5.74) is 5.54. The fourth-order valence-electron chi connectivity index (χ4n) is 3.51. The molecule has 0 fully saturated rings. The van der Waals surface area contributed by atoms with Gasteiger partial charge in [-0.15, -0.1) is 0 Å². The number of urea groups is 1. The number of carbonyl (C=O) groups is 2. The number of hydrogen-bond acceptors (Lipinski definition) is 2. The van der Waals surface area contributed by atoms with E-state index in [0.29, 0.717) is 24.3 Å². The van der Waals surface area contributed by atoms with E-state index in [-0.39, 0.29) is 11.9 Å². The number of halogens is 1. The zero-order valence-electron chi connectivity index (χ0n) is 16.6. The average Bonchev–Trinajstić information content (AvgIpc) is 3.17. The van der Waals surface area contributed by atoms with Crippen LogP contribution in [0.3, 0.4) is 0 Å². The van der Waals surface area contributed by atoms with Crippen molar-refractivity contribution in [3.63, 3.8) is 0 Å². The molecule has 0 saturated carbocycles. The molecule has 0 bridgehead atoms. The number of amides is 3. The third-order valence-electron chi connectivity index (χ3n) is 5.16. The van der Waals surface area contributed by atoms with E-state index in [1.165, 1.54) is 0 Å². The fourth-order valence-corrected chi connectivity index (χ4v) is 3.89. The monoisotopic (exact) mass is 463 g/mol. The van der Waals surface area contributed by atoms with Crippen LogP contribution in [-0.2, 0) is 13.0 Å². The maximum atomic E-state index is 13.0. The number of fused-ring (bicyclic) bond motifs is 1. The zero-order valence-corrected chi connectivity index (χ0v) is 18.2. The van der Waals surface area contributed by atoms with Crippen molar-refractivity contribution in [1.29, 1.82) is 0 Å². The van der Waals surface area contributed by atoms with Gasteiger partial charge in [0, 0.05) is 28.8 Å². The van der Waals surface area contributed by atoms with Crippen LogP contribution < -0.4 is 15.5 Å². The van der Waals surface area contributed by atoms with Gasteiger partial charge in [0.25, 0.3) is 5.91 Å². The van der Waals surface area contributed by atoms with Crippen molar-refractivity contribution in [3.8, 4) is 0 Å². The molecule has 0 aliphatic carbocycles. The lowest BCUT2D eigenvalue weighted by molar-refractivity contribution is 0.0989. The maximum Gasteiger partial charge on any atom is 0.319 e. The standard InChI is InChI=1S/C24H22BrN3O2/c1-16-6-9-19(10-7-16)23(29)28-13-12-18-11-8-17(14-22(18)28)15-26-24(30)27-21-5-3-2-4-20(21)25/h2-11,14H,12-13,15H2,1H3,(H2,26,27,30). The number of rotatable bonds is 4. The zero-order chi connectivity index (χ0) is 21.1. The van der Waals surface area contributed by atoms with Crippen molar-refractivity contribution in [2.24, 2.45) is 0 Å². The highest BCUT2D eigenvalue weighted by Gasteiger charge is 2.25. The summed E-state index contributed by atoms with van der Waals surface area (Å²) in [5, 5.41) is 5.70. The molecule has 2 N–H and O–H groups in total. The second-order valence-electron chi connectivity index (χ2n) is 7.32. The number of para-hydroxylation sites is 1. The van der Waals surface area contributed by atoms with Gasteiger partial charge in [-0.05, 0) is 70.7 Å². The predicted molar refractivity (Wildman–Crippen MR) is 123 cm³/mol. The van der Waals surface area contributed by atoms with Crippen LogP contribution in [0.1, 0.15) is 27.0 Å². The molecule has 5 nitrogen and oxygen atoms in total. The molecule has 4 rings (SSSR count). The topological polar surface area (TPSA) is 61.4 Å². The smallest absolute Gasteiger partial charge is 0.319 e. The van der Waals surface area contributed by atoms with Gasteiger partial charge in [0.05, 0.1) is 5.69 Å². The Hall–Kier alpha value is -3.12. The van der Waals surface area contributed by atoms with Crippen molar-refractivity contribution in [1.82, 2.24) is 5.32 Å². The van der Waals surface area contributed by atoms with Crippen LogP contribution in [0, 0.1) is 6.92 Å². The molecule has 0 unspecified atom stereocenters. The first-order chi connectivity index (χ1) is 14.5. The van der Waals surface area contributed by atoms with Gasteiger partial charge < -0.3 is 15.5 Å². The van der Waals surface area contributed by atoms with E-state index >= 15 is 0 Å². The van der Waals surface area contributed by atoms with Crippen molar-refractivity contribution >= 4 is 39.2 Å². The van der Waals surface area contributed by atoms with Crippen LogP contribution >= 0.6 is 15.9 Å². The Morgan fingerprint density at radius 3 is 2.57 bits per heavy atom. The minimum atomic E-state index is -0.282. The third-order valence-corrected chi connectivity index (χ3v) is 5.86. The van der Waals surface area contributed by atoms with Gasteiger partial charge in [0.15, 0.2) is 0 Å². The van der Waals surface area contributed by atoms with Crippen molar-refractivity contribution in [3.05, 3.63) is 93.5 Å². The highest BCUT2D eigenvalue weighted by molar-refractivity contribution is 9.10. The van der Waals surface area contributed by atoms with Crippen LogP contribution in [0.4, 0.5) is 16.2 Å². The number of anilines is 2. The molecule has 0 aromatic heterocycles. The Kier molecular flexibility index (Phi) is 5.86. The van der Waals surface area contributed by atoms with E-state index < -0.39 is 0 Å². The van der Waals surface area contributed by atoms with Crippen molar-refractivity contribution < 1.29 is 9.59 Å². The number of carbonyl (C=O) groups excluding carboxylic acids is 2. The second-order valence-corrected chi connectivity index (χ2v) is 8.18. The molecule has 1 aliphatic rings. The molecular formula is C24H22BrN3O2. The summed E-state index contributed by atoms with van der Waals surface area (Å²) in [6, 6.07) is 20.8. The number of nitrogens with zero attached hydrogens (tertiary/aromatic N) is 1. The normalized spacial score (nSPS) is 12.4. The molecule has 1 aliphatic heterocycles. The lowest BCUT2D eigenvalue weighted by atomic mass is 10.1. The highest BCUT2D eigenvalue weighted by Crippen LogP contribution is 2.30. The minimum absolute atomic E-state index is 0.00512. The first-order valence-corrected chi connectivity index (χ1v) is 10.6. The summed E-state index contributed by atoms with van der Waals surface area (Å²) >= 11 is 3.42. The molecule has 3 aromatic rings. The Labute approximate surface area is 184 Å². The molecule has 0 spiro atoms. The van der Waals surface area contributed by atoms with E-state index in [0.717, 1.165) is 33.3 Å². The Bertz CT molecular complexity index is 1100. The van der Waals surface area contributed by atoms with E-state index in [9.17, 15) is 9.59 Å². The molecule has 3 aromatic carbocycles. The largest absolute Gasteiger partial charge is 0.334 e. The lowest BCUT2D eigenvalue weighted by Gasteiger charge is -2.18. The molecule has 1 heterocycles. The van der Waals surface area contributed by atoms with Gasteiger partial charge in [-0.2, -0.15) is 0 Å². The summed E-state index contributed by atoms with van der Waals surface area (Å²) in [5.74, 6) is 0.00512. The second kappa shape index (κ2) is 8.71. The molecule has 0 radical (unpaired) electrons. The maximum absolute atomic E-state index is 13.0. The predicted octanol–water partition coefficient (Wildman–Crippen LogP) is 5.28. The van der Waals surface area contributed by atoms with Crippen LogP contribution in [-0.4, -0.2) is 18.5 Å². The average molecular weight is 464 g/mol. The van der Waals surface area contributed by atoms with Crippen LogP contribution in [0.5, 0.6) is 0 Å². The quantitative estimate of drug-likeness (QED) is 0.552. The van der Waals surface area contributed by atoms with Gasteiger partial charge >= 0.3 is 6.03 Å². The number of benzene rings is 3. The number of aryl methyl sites for hydroxylation is 1. The first-order valence-electron chi connectivity index (χ1n) is 9.81. The molecule has 6 heteroatoms. The molecule has 30 heavy (non-hydrogen) atoms. The van der Waals surface area contributed by atoms with Crippen molar-refractivity contribution in [2.75, 3.05) is 16.8 Å². The molecule has 152 valence electrons. The van der Waals surface area contributed by atoms with Crippen molar-refractivity contribution in [2.45, 2.75) is 19.9 Å². The van der Waals surface area contributed by atoms with Gasteiger partial charge in [0.1, 0.15) is 0 Å². The van der Waals surface area contributed by atoms with Gasteiger partial charge in [-0.3, -0.25) is 4.79 Å². The van der Waals surface area contributed by atoms with Gasteiger partial charge in [-0.25, -0.2) is 4.79 Å². The summed E-state index contributed by atoms with van der Waals surface area (Å²) in [7, 11) is 0. The van der Waals surface area contributed by atoms with E-state index in [4.69, 9.17) is 0 Å². The Morgan fingerprint density at radius 2 is 1.80 bits per heavy atom. The summed E-state index contributed by atoms with van der Waals surface area (Å²) in [4.78, 5) is 27.0. The summed E-state index contributed by atoms with van der Waals surface area (Å²) in [6.45, 7) is 3.04. The number of nitrogens with one attached hydrogen (secondary N) is 2. The van der Waals surface area contributed by atoms with Gasteiger partial charge in [-0.1, -0.05) is 42.0 Å². The Morgan fingerprint density at radius 1 is 1.03 bits per heavy atom. The molecule has 0 atom stereocenters. The minimum Gasteiger partial charge on any atom is -0.334 e. The Balaban J connectivity index is 1.44. The van der Waals surface area contributed by atoms with E-state index in [2.05, 4.69) is 26.6 Å². The molecule has 0 saturated heterocycles. The third kappa shape index (κ3) is 4.39.